The average Bonchev–Trinajstić information content (AvgIpc) is 2.85. The lowest BCUT2D eigenvalue weighted by Gasteiger charge is -2.14. The molecule has 2 N–H and O–H groups in total. The van der Waals surface area contributed by atoms with E-state index in [0.29, 0.717) is 5.56 Å². The second kappa shape index (κ2) is 5.35. The molecule has 5 heteroatoms. The molecule has 1 nitrogen and oxygen atoms in total. The lowest BCUT2D eigenvalue weighted by atomic mass is 10.0. The highest BCUT2D eigenvalue weighted by Gasteiger charge is 2.30. The number of hydrogen-bond acceptors (Lipinski definition) is 2. The molecule has 0 aliphatic carbocycles. The highest BCUT2D eigenvalue weighted by molar-refractivity contribution is 7.10. The van der Waals surface area contributed by atoms with Crippen molar-refractivity contribution in [3.63, 3.8) is 0 Å². The van der Waals surface area contributed by atoms with E-state index < -0.39 is 11.7 Å². The van der Waals surface area contributed by atoms with Crippen molar-refractivity contribution in [1.82, 2.24) is 0 Å². The number of alkyl halides is 3. The van der Waals surface area contributed by atoms with Gasteiger partial charge in [0, 0.05) is 4.88 Å². The Kier molecular flexibility index (Phi) is 3.96. The first kappa shape index (κ1) is 14.1. The monoisotopic (exact) mass is 285 g/mol. The zero-order chi connectivity index (χ0) is 14.0. The van der Waals surface area contributed by atoms with Gasteiger partial charge in [0.1, 0.15) is 0 Å². The van der Waals surface area contributed by atoms with Gasteiger partial charge in [-0.25, -0.2) is 0 Å². The normalized spacial score (nSPS) is 13.5. The molecule has 1 atom stereocenters. The van der Waals surface area contributed by atoms with Crippen LogP contribution in [0.1, 0.15) is 34.5 Å². The molecule has 1 unspecified atom stereocenters. The van der Waals surface area contributed by atoms with Crippen molar-refractivity contribution in [2.45, 2.75) is 25.6 Å². The minimum atomic E-state index is -4.31. The Labute approximate surface area is 113 Å². The standard InChI is InChI=1S/C14H14F3NS/c1-2-9-7-8-19-13(9)12(18)10-3-5-11(6-4-10)14(15,16)17/h3-8,12H,2,18H2,1H3. The van der Waals surface area contributed by atoms with Crippen molar-refractivity contribution in [3.05, 3.63) is 57.3 Å². The molecular weight excluding hydrogens is 271 g/mol. The molecule has 0 spiro atoms. The Balaban J connectivity index is 2.28. The van der Waals surface area contributed by atoms with E-state index in [0.717, 1.165) is 29.0 Å². The van der Waals surface area contributed by atoms with Crippen molar-refractivity contribution in [3.8, 4) is 0 Å². The van der Waals surface area contributed by atoms with E-state index in [1.54, 1.807) is 0 Å². The fraction of sp³-hybridized carbons (Fsp3) is 0.286. The van der Waals surface area contributed by atoms with Crippen LogP contribution in [0.25, 0.3) is 0 Å². The predicted octanol–water partition coefficient (Wildman–Crippen LogP) is 4.38. The fourth-order valence-corrected chi connectivity index (χ4v) is 2.97. The molecule has 19 heavy (non-hydrogen) atoms. The Morgan fingerprint density at radius 3 is 2.32 bits per heavy atom. The largest absolute Gasteiger partial charge is 0.416 e. The van der Waals surface area contributed by atoms with Crippen LogP contribution in [0, 0.1) is 0 Å². The van der Waals surface area contributed by atoms with Gasteiger partial charge in [-0.2, -0.15) is 13.2 Å². The molecule has 2 rings (SSSR count). The van der Waals surface area contributed by atoms with Gasteiger partial charge in [-0.05, 0) is 41.1 Å². The summed E-state index contributed by atoms with van der Waals surface area (Å²) in [4.78, 5) is 1.02. The van der Waals surface area contributed by atoms with Crippen LogP contribution in [0.5, 0.6) is 0 Å². The van der Waals surface area contributed by atoms with Crippen molar-refractivity contribution < 1.29 is 13.2 Å². The molecule has 1 heterocycles. The highest BCUT2D eigenvalue weighted by Crippen LogP contribution is 2.32. The molecule has 102 valence electrons. The summed E-state index contributed by atoms with van der Waals surface area (Å²) in [6.07, 6.45) is -3.44. The number of thiophene rings is 1. The third-order valence-electron chi connectivity index (χ3n) is 3.04. The molecule has 0 aliphatic rings. The van der Waals surface area contributed by atoms with Gasteiger partial charge in [-0.3, -0.25) is 0 Å². The van der Waals surface area contributed by atoms with Gasteiger partial charge in [0.25, 0.3) is 0 Å². The van der Waals surface area contributed by atoms with Gasteiger partial charge in [0.05, 0.1) is 11.6 Å². The second-order valence-electron chi connectivity index (χ2n) is 4.26. The summed E-state index contributed by atoms with van der Waals surface area (Å²) in [5.74, 6) is 0. The van der Waals surface area contributed by atoms with Crippen LogP contribution in [0.2, 0.25) is 0 Å². The molecule has 0 amide bonds. The van der Waals surface area contributed by atoms with Gasteiger partial charge >= 0.3 is 6.18 Å². The van der Waals surface area contributed by atoms with Gasteiger partial charge in [-0.1, -0.05) is 19.1 Å². The molecular formula is C14H14F3NS. The third-order valence-corrected chi connectivity index (χ3v) is 4.08. The van der Waals surface area contributed by atoms with E-state index in [4.69, 9.17) is 5.73 Å². The molecule has 0 bridgehead atoms. The Hall–Kier alpha value is -1.33. The molecule has 2 aromatic rings. The highest BCUT2D eigenvalue weighted by atomic mass is 32.1. The molecule has 0 radical (unpaired) electrons. The van der Waals surface area contributed by atoms with Crippen molar-refractivity contribution >= 4 is 11.3 Å². The van der Waals surface area contributed by atoms with Crippen LogP contribution in [-0.2, 0) is 12.6 Å². The Morgan fingerprint density at radius 1 is 1.16 bits per heavy atom. The van der Waals surface area contributed by atoms with E-state index in [1.165, 1.54) is 23.5 Å². The summed E-state index contributed by atoms with van der Waals surface area (Å²) in [7, 11) is 0. The van der Waals surface area contributed by atoms with Gasteiger partial charge in [0.2, 0.25) is 0 Å². The van der Waals surface area contributed by atoms with Crippen LogP contribution in [-0.4, -0.2) is 0 Å². The molecule has 0 fully saturated rings. The zero-order valence-corrected chi connectivity index (χ0v) is 11.2. The predicted molar refractivity (Wildman–Crippen MR) is 71.2 cm³/mol. The average molecular weight is 285 g/mol. The van der Waals surface area contributed by atoms with Crippen molar-refractivity contribution in [1.29, 1.82) is 0 Å². The first-order valence-electron chi connectivity index (χ1n) is 5.92. The van der Waals surface area contributed by atoms with Crippen LogP contribution in [0.3, 0.4) is 0 Å². The number of rotatable bonds is 3. The Morgan fingerprint density at radius 2 is 1.79 bits per heavy atom. The SMILES string of the molecule is CCc1ccsc1C(N)c1ccc(C(F)(F)F)cc1. The maximum absolute atomic E-state index is 12.5. The number of benzene rings is 1. The maximum atomic E-state index is 12.5. The van der Waals surface area contributed by atoms with E-state index >= 15 is 0 Å². The van der Waals surface area contributed by atoms with Gasteiger partial charge in [-0.15, -0.1) is 11.3 Å². The van der Waals surface area contributed by atoms with E-state index in [9.17, 15) is 13.2 Å². The minimum Gasteiger partial charge on any atom is -0.320 e. The molecule has 0 aliphatic heterocycles. The van der Waals surface area contributed by atoms with E-state index in [1.807, 2.05) is 18.4 Å². The third kappa shape index (κ3) is 2.98. The molecule has 1 aromatic heterocycles. The van der Waals surface area contributed by atoms with Crippen molar-refractivity contribution in [2.24, 2.45) is 5.73 Å². The van der Waals surface area contributed by atoms with Crippen LogP contribution < -0.4 is 5.73 Å². The lowest BCUT2D eigenvalue weighted by molar-refractivity contribution is -0.137. The van der Waals surface area contributed by atoms with Gasteiger partial charge < -0.3 is 5.73 Å². The van der Waals surface area contributed by atoms with Crippen LogP contribution in [0.4, 0.5) is 13.2 Å². The number of nitrogens with two attached hydrogens (primary N) is 1. The van der Waals surface area contributed by atoms with E-state index in [-0.39, 0.29) is 6.04 Å². The maximum Gasteiger partial charge on any atom is 0.416 e. The summed E-state index contributed by atoms with van der Waals surface area (Å²) in [6, 6.07) is 6.70. The smallest absolute Gasteiger partial charge is 0.320 e. The quantitative estimate of drug-likeness (QED) is 0.890. The van der Waals surface area contributed by atoms with E-state index in [2.05, 4.69) is 0 Å². The molecule has 0 saturated heterocycles. The number of hydrogen-bond donors (Lipinski definition) is 1. The second-order valence-corrected chi connectivity index (χ2v) is 5.21. The minimum absolute atomic E-state index is 0.364. The topological polar surface area (TPSA) is 26.0 Å². The van der Waals surface area contributed by atoms with Gasteiger partial charge in [0.15, 0.2) is 0 Å². The summed E-state index contributed by atoms with van der Waals surface area (Å²) in [5.41, 5.74) is 7.33. The first-order chi connectivity index (χ1) is 8.93. The number of halogens is 3. The fourth-order valence-electron chi connectivity index (χ4n) is 1.94. The summed E-state index contributed by atoms with van der Waals surface area (Å²) >= 11 is 1.54. The van der Waals surface area contributed by atoms with Crippen LogP contribution >= 0.6 is 11.3 Å². The summed E-state index contributed by atoms with van der Waals surface area (Å²) in [6.45, 7) is 2.03. The zero-order valence-electron chi connectivity index (χ0n) is 10.4. The van der Waals surface area contributed by atoms with Crippen LogP contribution in [0.15, 0.2) is 35.7 Å². The molecule has 1 aromatic carbocycles. The number of aryl methyl sites for hydroxylation is 1. The first-order valence-corrected chi connectivity index (χ1v) is 6.80. The Bertz CT molecular complexity index is 543. The lowest BCUT2D eigenvalue weighted by Crippen LogP contribution is -2.12. The summed E-state index contributed by atoms with van der Waals surface area (Å²) in [5, 5.41) is 1.96. The molecule has 0 saturated carbocycles. The van der Waals surface area contributed by atoms with Crippen molar-refractivity contribution in [2.75, 3.05) is 0 Å². The summed E-state index contributed by atoms with van der Waals surface area (Å²) < 4.78 is 37.5.